The molecular formula is C21H25ClN4O4S. The van der Waals surface area contributed by atoms with E-state index >= 15 is 0 Å². The number of amides is 1. The van der Waals surface area contributed by atoms with Crippen molar-refractivity contribution in [1.82, 2.24) is 20.0 Å². The van der Waals surface area contributed by atoms with Crippen LogP contribution in [0.4, 0.5) is 4.79 Å². The molecule has 10 heteroatoms. The van der Waals surface area contributed by atoms with Crippen LogP contribution in [0.15, 0.2) is 41.4 Å². The van der Waals surface area contributed by atoms with Crippen LogP contribution in [0.2, 0.25) is 5.02 Å². The molecule has 3 aromatic rings. The molecule has 0 spiro atoms. The van der Waals surface area contributed by atoms with E-state index < -0.39 is 21.7 Å². The molecule has 0 bridgehead atoms. The number of H-pyrrole nitrogens is 1. The van der Waals surface area contributed by atoms with E-state index in [2.05, 4.69) is 20.0 Å². The Morgan fingerprint density at radius 2 is 1.87 bits per heavy atom. The van der Waals surface area contributed by atoms with Crippen LogP contribution in [0, 0.1) is 6.92 Å². The lowest BCUT2D eigenvalue weighted by Crippen LogP contribution is -2.37. The summed E-state index contributed by atoms with van der Waals surface area (Å²) in [6, 6.07) is 8.39. The molecule has 0 radical (unpaired) electrons. The Bertz CT molecular complexity index is 1200. The van der Waals surface area contributed by atoms with E-state index in [-0.39, 0.29) is 18.0 Å². The number of ether oxygens (including phenoxy) is 1. The number of sulfonamides is 1. The molecule has 1 aromatic carbocycles. The average molecular weight is 465 g/mol. The van der Waals surface area contributed by atoms with Crippen molar-refractivity contribution in [2.75, 3.05) is 13.1 Å². The lowest BCUT2D eigenvalue weighted by atomic mass is 10.0. The summed E-state index contributed by atoms with van der Waals surface area (Å²) in [6.45, 7) is 7.31. The highest BCUT2D eigenvalue weighted by Crippen LogP contribution is 2.34. The number of hydrogen-bond donors (Lipinski definition) is 3. The molecule has 0 saturated carbocycles. The maximum Gasteiger partial charge on any atom is 0.407 e. The van der Waals surface area contributed by atoms with Crippen molar-refractivity contribution in [2.45, 2.75) is 38.2 Å². The third kappa shape index (κ3) is 5.75. The molecule has 1 amide bonds. The highest BCUT2D eigenvalue weighted by atomic mass is 35.5. The Morgan fingerprint density at radius 3 is 2.52 bits per heavy atom. The zero-order valence-electron chi connectivity index (χ0n) is 17.7. The van der Waals surface area contributed by atoms with E-state index in [1.54, 1.807) is 39.1 Å². The summed E-state index contributed by atoms with van der Waals surface area (Å²) in [5, 5.41) is 3.86. The monoisotopic (exact) mass is 464 g/mol. The molecule has 0 fully saturated rings. The van der Waals surface area contributed by atoms with Crippen LogP contribution in [0.5, 0.6) is 0 Å². The summed E-state index contributed by atoms with van der Waals surface area (Å²) >= 11 is 6.38. The Hall–Kier alpha value is -2.62. The number of nitrogens with zero attached hydrogens (tertiary/aromatic N) is 1. The highest BCUT2D eigenvalue weighted by molar-refractivity contribution is 7.89. The zero-order chi connectivity index (χ0) is 22.8. The van der Waals surface area contributed by atoms with Crippen LogP contribution in [-0.4, -0.2) is 43.2 Å². The second kappa shape index (κ2) is 8.86. The van der Waals surface area contributed by atoms with Gasteiger partial charge in [0.05, 0.1) is 9.92 Å². The minimum Gasteiger partial charge on any atom is -0.444 e. The van der Waals surface area contributed by atoms with Crippen molar-refractivity contribution < 1.29 is 17.9 Å². The minimum absolute atomic E-state index is 0.0305. The Balaban J connectivity index is 1.69. The highest BCUT2D eigenvalue weighted by Gasteiger charge is 2.18. The molecule has 3 rings (SSSR count). The lowest BCUT2D eigenvalue weighted by Gasteiger charge is -2.19. The quantitative estimate of drug-likeness (QED) is 0.477. The zero-order valence-corrected chi connectivity index (χ0v) is 19.3. The van der Waals surface area contributed by atoms with Crippen LogP contribution in [0.3, 0.4) is 0 Å². The maximum atomic E-state index is 12.5. The van der Waals surface area contributed by atoms with Gasteiger partial charge in [-0.15, -0.1) is 0 Å². The number of nitrogens with one attached hydrogen (secondary N) is 3. The predicted molar refractivity (Wildman–Crippen MR) is 121 cm³/mol. The number of fused-ring (bicyclic) bond motifs is 1. The Kier molecular flexibility index (Phi) is 6.59. The van der Waals surface area contributed by atoms with Gasteiger partial charge in [0, 0.05) is 35.9 Å². The second-order valence-corrected chi connectivity index (χ2v) is 10.2. The molecule has 0 aliphatic carbocycles. The third-order valence-corrected chi connectivity index (χ3v) is 6.05. The summed E-state index contributed by atoms with van der Waals surface area (Å²) in [5.74, 6) is 0. The summed E-state index contributed by atoms with van der Waals surface area (Å²) in [4.78, 5) is 19.2. The van der Waals surface area contributed by atoms with Gasteiger partial charge in [0.25, 0.3) is 0 Å². The van der Waals surface area contributed by atoms with Crippen molar-refractivity contribution in [3.05, 3.63) is 47.2 Å². The number of halogens is 1. The minimum atomic E-state index is -3.73. The molecule has 8 nitrogen and oxygen atoms in total. The van der Waals surface area contributed by atoms with Gasteiger partial charge in [0.2, 0.25) is 10.0 Å². The number of pyridine rings is 1. The van der Waals surface area contributed by atoms with Crippen molar-refractivity contribution in [3.63, 3.8) is 0 Å². The van der Waals surface area contributed by atoms with Gasteiger partial charge in [0.15, 0.2) is 0 Å². The maximum absolute atomic E-state index is 12.5. The smallest absolute Gasteiger partial charge is 0.407 e. The number of hydrogen-bond acceptors (Lipinski definition) is 5. The summed E-state index contributed by atoms with van der Waals surface area (Å²) in [5.41, 5.74) is 2.62. The van der Waals surface area contributed by atoms with E-state index in [4.69, 9.17) is 16.3 Å². The SMILES string of the molecule is Cc1cc2c(-c3ccc(S(=O)(=O)NCCNC(=O)OC(C)(C)C)cc3)c(Cl)cnc2[nH]1. The second-order valence-electron chi connectivity index (χ2n) is 8.05. The standard InChI is InChI=1S/C21H25ClN4O4S/c1-13-11-16-18(17(22)12-24-19(16)26-13)14-5-7-15(8-6-14)31(28,29)25-10-9-23-20(27)30-21(2,3)4/h5-8,11-12,25H,9-10H2,1-4H3,(H,23,27)(H,24,26). The largest absolute Gasteiger partial charge is 0.444 e. The van der Waals surface area contributed by atoms with E-state index in [0.717, 1.165) is 22.2 Å². The first-order valence-electron chi connectivity index (χ1n) is 9.67. The fourth-order valence-corrected chi connectivity index (χ4v) is 4.32. The number of carbonyl (C=O) groups is 1. The third-order valence-electron chi connectivity index (χ3n) is 4.29. The molecule has 0 atom stereocenters. The van der Waals surface area contributed by atoms with Crippen LogP contribution in [0.25, 0.3) is 22.2 Å². The van der Waals surface area contributed by atoms with Gasteiger partial charge in [-0.3, -0.25) is 0 Å². The number of aryl methyl sites for hydroxylation is 1. The van der Waals surface area contributed by atoms with E-state index in [9.17, 15) is 13.2 Å². The molecular weight excluding hydrogens is 440 g/mol. The topological polar surface area (TPSA) is 113 Å². The first-order valence-corrected chi connectivity index (χ1v) is 11.5. The molecule has 0 unspecified atom stereocenters. The van der Waals surface area contributed by atoms with Crippen LogP contribution >= 0.6 is 11.6 Å². The van der Waals surface area contributed by atoms with Crippen molar-refractivity contribution >= 4 is 38.8 Å². The van der Waals surface area contributed by atoms with Crippen LogP contribution in [-0.2, 0) is 14.8 Å². The predicted octanol–water partition coefficient (Wildman–Crippen LogP) is 3.99. The van der Waals surface area contributed by atoms with Gasteiger partial charge in [0.1, 0.15) is 11.2 Å². The Labute approximate surface area is 186 Å². The van der Waals surface area contributed by atoms with Crippen LogP contribution < -0.4 is 10.0 Å². The number of alkyl carbamates (subject to hydrolysis) is 1. The fourth-order valence-electron chi connectivity index (χ4n) is 3.02. The fraction of sp³-hybridized carbons (Fsp3) is 0.333. The van der Waals surface area contributed by atoms with Gasteiger partial charge >= 0.3 is 6.09 Å². The average Bonchev–Trinajstić information content (AvgIpc) is 3.04. The van der Waals surface area contributed by atoms with E-state index in [1.807, 2.05) is 13.0 Å². The van der Waals surface area contributed by atoms with E-state index in [1.165, 1.54) is 12.1 Å². The number of carbonyl (C=O) groups excluding carboxylic acids is 1. The summed E-state index contributed by atoms with van der Waals surface area (Å²) in [7, 11) is -3.73. The molecule has 0 aliphatic rings. The molecule has 0 saturated heterocycles. The first kappa shape index (κ1) is 23.1. The van der Waals surface area contributed by atoms with Gasteiger partial charge < -0.3 is 15.0 Å². The van der Waals surface area contributed by atoms with Crippen LogP contribution in [0.1, 0.15) is 26.5 Å². The Morgan fingerprint density at radius 1 is 1.19 bits per heavy atom. The van der Waals surface area contributed by atoms with Crippen molar-refractivity contribution in [3.8, 4) is 11.1 Å². The number of aromatic amines is 1. The summed E-state index contributed by atoms with van der Waals surface area (Å²) < 4.78 is 32.6. The number of aromatic nitrogens is 2. The van der Waals surface area contributed by atoms with Crippen molar-refractivity contribution in [2.24, 2.45) is 0 Å². The molecule has 0 aliphatic heterocycles. The van der Waals surface area contributed by atoms with Crippen molar-refractivity contribution in [1.29, 1.82) is 0 Å². The first-order chi connectivity index (χ1) is 14.5. The van der Waals surface area contributed by atoms with Gasteiger partial charge in [-0.2, -0.15) is 0 Å². The molecule has 2 heterocycles. The number of benzene rings is 1. The van der Waals surface area contributed by atoms with E-state index in [0.29, 0.717) is 10.7 Å². The van der Waals surface area contributed by atoms with Gasteiger partial charge in [-0.1, -0.05) is 23.7 Å². The normalized spacial score (nSPS) is 12.2. The summed E-state index contributed by atoms with van der Waals surface area (Å²) in [6.07, 6.45) is 0.968. The lowest BCUT2D eigenvalue weighted by molar-refractivity contribution is 0.0529. The van der Waals surface area contributed by atoms with Gasteiger partial charge in [-0.05, 0) is 51.5 Å². The molecule has 31 heavy (non-hydrogen) atoms. The van der Waals surface area contributed by atoms with Gasteiger partial charge in [-0.25, -0.2) is 22.9 Å². The number of rotatable bonds is 6. The molecule has 3 N–H and O–H groups in total. The molecule has 166 valence electrons. The molecule has 2 aromatic heterocycles.